The van der Waals surface area contributed by atoms with Crippen molar-refractivity contribution in [2.45, 2.75) is 57.7 Å². The fraction of sp³-hybridized carbons (Fsp3) is 0.652. The number of aliphatic hydroxyl groups excluding tert-OH is 1. The molecule has 32 heavy (non-hydrogen) atoms. The number of hydrogen-bond acceptors (Lipinski definition) is 6. The van der Waals surface area contributed by atoms with Gasteiger partial charge in [0, 0.05) is 48.6 Å². The third-order valence-electron chi connectivity index (χ3n) is 7.50. The van der Waals surface area contributed by atoms with Crippen LogP contribution >= 0.6 is 0 Å². The Kier molecular flexibility index (Phi) is 5.57. The van der Waals surface area contributed by atoms with Crippen LogP contribution in [0.2, 0.25) is 0 Å². The number of anilines is 1. The number of nitrogens with zero attached hydrogens (tertiary/aromatic N) is 4. The van der Waals surface area contributed by atoms with Crippen LogP contribution in [0.4, 0.5) is 14.6 Å². The molecule has 2 aromatic rings. The highest BCUT2D eigenvalue weighted by Crippen LogP contribution is 2.64. The lowest BCUT2D eigenvalue weighted by molar-refractivity contribution is -0.0494. The van der Waals surface area contributed by atoms with Crippen molar-refractivity contribution in [2.75, 3.05) is 25.4 Å². The standard InChI is InChI=1S/C23H31F2N5O2/c1-12(2)30-19(8-18(28-30)14-5-20(32-23(24)25)22(26)27-9-14)21-16-6-15(7-17(16)21)29-4-3-13(10-29)11-31/h5,8-9,12-13,15-17,21,23,31H,3-4,6-7,10-11H2,1-2H3,(H2,26,27)/t13-,15?,16-,17+,21?/m1/s1. The second-order valence-corrected chi connectivity index (χ2v) is 9.79. The monoisotopic (exact) mass is 447 g/mol. The molecule has 0 bridgehead atoms. The summed E-state index contributed by atoms with van der Waals surface area (Å²) in [6, 6.07) is 4.39. The van der Waals surface area contributed by atoms with Gasteiger partial charge >= 0.3 is 6.61 Å². The summed E-state index contributed by atoms with van der Waals surface area (Å²) in [6.07, 6.45) is 5.05. The zero-order valence-corrected chi connectivity index (χ0v) is 18.5. The number of alkyl halides is 2. The first-order chi connectivity index (χ1) is 15.4. The molecule has 2 aromatic heterocycles. The average Bonchev–Trinajstić information content (AvgIpc) is 3.23. The van der Waals surface area contributed by atoms with Gasteiger partial charge in [-0.25, -0.2) is 4.98 Å². The van der Waals surface area contributed by atoms with Gasteiger partial charge < -0.3 is 15.6 Å². The van der Waals surface area contributed by atoms with Crippen molar-refractivity contribution < 1.29 is 18.6 Å². The molecule has 0 amide bonds. The largest absolute Gasteiger partial charge is 0.431 e. The fourth-order valence-corrected chi connectivity index (χ4v) is 5.89. The zero-order valence-electron chi connectivity index (χ0n) is 18.5. The molecule has 9 heteroatoms. The minimum absolute atomic E-state index is 0.0642. The Morgan fingerprint density at radius 2 is 2.00 bits per heavy atom. The van der Waals surface area contributed by atoms with E-state index in [0.29, 0.717) is 47.6 Å². The molecule has 3 aliphatic rings. The fourth-order valence-electron chi connectivity index (χ4n) is 5.89. The van der Waals surface area contributed by atoms with Crippen LogP contribution in [0.5, 0.6) is 5.75 Å². The maximum atomic E-state index is 12.7. The lowest BCUT2D eigenvalue weighted by Crippen LogP contribution is -2.33. The highest BCUT2D eigenvalue weighted by molar-refractivity contribution is 5.64. The normalized spacial score (nSPS) is 29.8. The van der Waals surface area contributed by atoms with Crippen LogP contribution < -0.4 is 10.5 Å². The average molecular weight is 448 g/mol. The number of pyridine rings is 1. The second kappa shape index (κ2) is 8.26. The third-order valence-corrected chi connectivity index (χ3v) is 7.50. The van der Waals surface area contributed by atoms with Crippen molar-refractivity contribution >= 4 is 5.82 Å². The molecule has 2 aliphatic carbocycles. The molecule has 5 atom stereocenters. The lowest BCUT2D eigenvalue weighted by Gasteiger charge is -2.26. The van der Waals surface area contributed by atoms with Gasteiger partial charge in [0.15, 0.2) is 11.6 Å². The first-order valence-corrected chi connectivity index (χ1v) is 11.5. The topological polar surface area (TPSA) is 89.4 Å². The van der Waals surface area contributed by atoms with Crippen LogP contribution in [0.25, 0.3) is 11.3 Å². The van der Waals surface area contributed by atoms with Gasteiger partial charge in [-0.2, -0.15) is 13.9 Å². The van der Waals surface area contributed by atoms with Crippen molar-refractivity contribution in [1.29, 1.82) is 0 Å². The number of likely N-dealkylation sites (tertiary alicyclic amines) is 1. The summed E-state index contributed by atoms with van der Waals surface area (Å²) in [5, 5.41) is 14.2. The summed E-state index contributed by atoms with van der Waals surface area (Å²) in [5.41, 5.74) is 8.22. The van der Waals surface area contributed by atoms with E-state index in [-0.39, 0.29) is 17.6 Å². The SMILES string of the molecule is CC(C)n1nc(-c2cnc(N)c(OC(F)F)c2)cc1C1[C@H]2CC(N3CC[C@@H](CO)C3)C[C@@H]12. The van der Waals surface area contributed by atoms with E-state index in [1.807, 2.05) is 0 Å². The van der Waals surface area contributed by atoms with Gasteiger partial charge in [0.1, 0.15) is 0 Å². The van der Waals surface area contributed by atoms with E-state index >= 15 is 0 Å². The third kappa shape index (κ3) is 3.85. The quantitative estimate of drug-likeness (QED) is 0.675. The van der Waals surface area contributed by atoms with Crippen molar-refractivity contribution in [2.24, 2.45) is 17.8 Å². The Hall–Kier alpha value is -2.26. The molecule has 3 N–H and O–H groups in total. The number of ether oxygens (including phenoxy) is 1. The summed E-state index contributed by atoms with van der Waals surface area (Å²) in [4.78, 5) is 6.59. The van der Waals surface area contributed by atoms with Crippen molar-refractivity contribution in [3.63, 3.8) is 0 Å². The molecular weight excluding hydrogens is 416 g/mol. The van der Waals surface area contributed by atoms with Crippen LogP contribution in [0.15, 0.2) is 18.3 Å². The molecule has 2 unspecified atom stereocenters. The van der Waals surface area contributed by atoms with E-state index < -0.39 is 6.61 Å². The first kappa shape index (κ1) is 21.6. The molecule has 1 aliphatic heterocycles. The van der Waals surface area contributed by atoms with E-state index in [2.05, 4.69) is 39.2 Å². The molecule has 7 nitrogen and oxygen atoms in total. The zero-order chi connectivity index (χ0) is 22.6. The van der Waals surface area contributed by atoms with Gasteiger partial charge in [-0.05, 0) is 69.5 Å². The van der Waals surface area contributed by atoms with Crippen LogP contribution in [0.3, 0.4) is 0 Å². The highest BCUT2D eigenvalue weighted by Gasteiger charge is 2.59. The molecule has 0 spiro atoms. The Balaban J connectivity index is 1.34. The molecule has 0 aromatic carbocycles. The number of aromatic nitrogens is 3. The molecule has 0 radical (unpaired) electrons. The minimum Gasteiger partial charge on any atom is -0.431 e. The maximum absolute atomic E-state index is 12.7. The Labute approximate surface area is 186 Å². The number of rotatable bonds is 7. The molecule has 174 valence electrons. The highest BCUT2D eigenvalue weighted by atomic mass is 19.3. The van der Waals surface area contributed by atoms with E-state index in [0.717, 1.165) is 19.5 Å². The predicted octanol–water partition coefficient (Wildman–Crippen LogP) is 3.52. The van der Waals surface area contributed by atoms with Gasteiger partial charge in [0.25, 0.3) is 0 Å². The lowest BCUT2D eigenvalue weighted by atomic mass is 10.0. The van der Waals surface area contributed by atoms with Gasteiger partial charge in [0.05, 0.1) is 5.69 Å². The Morgan fingerprint density at radius 1 is 1.25 bits per heavy atom. The number of halogens is 2. The second-order valence-electron chi connectivity index (χ2n) is 9.79. The number of fused-ring (bicyclic) bond motifs is 1. The number of nitrogens with two attached hydrogens (primary N) is 1. The molecule has 5 rings (SSSR count). The molecular formula is C23H31F2N5O2. The molecule has 1 saturated heterocycles. The summed E-state index contributed by atoms with van der Waals surface area (Å²) >= 11 is 0. The molecule has 3 fully saturated rings. The summed E-state index contributed by atoms with van der Waals surface area (Å²) in [7, 11) is 0. The van der Waals surface area contributed by atoms with Gasteiger partial charge in [-0.3, -0.25) is 9.58 Å². The van der Waals surface area contributed by atoms with Crippen LogP contribution in [0.1, 0.15) is 50.8 Å². The minimum atomic E-state index is -2.96. The van der Waals surface area contributed by atoms with E-state index in [9.17, 15) is 13.9 Å². The van der Waals surface area contributed by atoms with Crippen LogP contribution in [-0.2, 0) is 0 Å². The van der Waals surface area contributed by atoms with Crippen LogP contribution in [-0.4, -0.2) is 57.1 Å². The Morgan fingerprint density at radius 3 is 2.62 bits per heavy atom. The van der Waals surface area contributed by atoms with Gasteiger partial charge in [-0.1, -0.05) is 0 Å². The number of hydrogen-bond donors (Lipinski definition) is 2. The van der Waals surface area contributed by atoms with E-state index in [4.69, 9.17) is 10.8 Å². The van der Waals surface area contributed by atoms with Gasteiger partial charge in [-0.15, -0.1) is 0 Å². The maximum Gasteiger partial charge on any atom is 0.387 e. The van der Waals surface area contributed by atoms with Gasteiger partial charge in [0.2, 0.25) is 0 Å². The summed E-state index contributed by atoms with van der Waals surface area (Å²) < 4.78 is 32.0. The smallest absolute Gasteiger partial charge is 0.387 e. The number of nitrogen functional groups attached to an aromatic ring is 1. The van der Waals surface area contributed by atoms with Crippen LogP contribution in [0, 0.1) is 17.8 Å². The first-order valence-electron chi connectivity index (χ1n) is 11.5. The van der Waals surface area contributed by atoms with Crippen molar-refractivity contribution in [1.82, 2.24) is 19.7 Å². The van der Waals surface area contributed by atoms with E-state index in [1.54, 1.807) is 6.20 Å². The van der Waals surface area contributed by atoms with Crippen molar-refractivity contribution in [3.8, 4) is 17.0 Å². The Bertz CT molecular complexity index is 969. The summed E-state index contributed by atoms with van der Waals surface area (Å²) in [6.45, 7) is 3.66. The number of aliphatic hydroxyl groups is 1. The molecule has 2 saturated carbocycles. The van der Waals surface area contributed by atoms with E-state index in [1.165, 1.54) is 24.6 Å². The van der Waals surface area contributed by atoms with Crippen molar-refractivity contribution in [3.05, 3.63) is 24.0 Å². The molecule has 3 heterocycles. The predicted molar refractivity (Wildman–Crippen MR) is 116 cm³/mol. The summed E-state index contributed by atoms with van der Waals surface area (Å²) in [5.74, 6) is 2.06.